The number of carbonyl (C=O) groups excluding carboxylic acids is 1. The van der Waals surface area contributed by atoms with Gasteiger partial charge in [-0.05, 0) is 24.6 Å². The standard InChI is InChI=1S/C21H21N3O4/c1-27-17-7-5-6-15(19(17)28-2)14-9-11-23(13-14)20(25)16-12-22-18-8-3-4-10-24(18)21(16)26/h3-8,10,12,14H,9,11,13H2,1-2H3. The highest BCUT2D eigenvalue weighted by Crippen LogP contribution is 2.39. The number of benzene rings is 1. The molecule has 1 atom stereocenters. The van der Waals surface area contributed by atoms with Crippen molar-refractivity contribution >= 4 is 11.6 Å². The third-order valence-electron chi connectivity index (χ3n) is 5.19. The lowest BCUT2D eigenvalue weighted by atomic mass is 9.97. The monoisotopic (exact) mass is 379 g/mol. The first-order chi connectivity index (χ1) is 13.6. The molecule has 0 radical (unpaired) electrons. The van der Waals surface area contributed by atoms with Crippen molar-refractivity contribution < 1.29 is 14.3 Å². The lowest BCUT2D eigenvalue weighted by molar-refractivity contribution is 0.0788. The second kappa shape index (κ2) is 7.34. The zero-order valence-corrected chi connectivity index (χ0v) is 15.8. The van der Waals surface area contributed by atoms with E-state index in [1.807, 2.05) is 18.2 Å². The third-order valence-corrected chi connectivity index (χ3v) is 5.19. The Hall–Kier alpha value is -3.35. The number of nitrogens with zero attached hydrogens (tertiary/aromatic N) is 3. The molecule has 0 saturated carbocycles. The Morgan fingerprint density at radius 1 is 1.14 bits per heavy atom. The zero-order valence-electron chi connectivity index (χ0n) is 15.8. The van der Waals surface area contributed by atoms with Crippen molar-refractivity contribution in [3.63, 3.8) is 0 Å². The van der Waals surface area contributed by atoms with Crippen LogP contribution in [0.5, 0.6) is 11.5 Å². The highest BCUT2D eigenvalue weighted by molar-refractivity contribution is 5.94. The van der Waals surface area contributed by atoms with Gasteiger partial charge in [-0.2, -0.15) is 0 Å². The molecule has 144 valence electrons. The van der Waals surface area contributed by atoms with E-state index in [0.717, 1.165) is 12.0 Å². The Labute approximate surface area is 162 Å². The molecule has 1 unspecified atom stereocenters. The minimum absolute atomic E-state index is 0.0851. The molecule has 3 aromatic rings. The van der Waals surface area contributed by atoms with Crippen LogP contribution in [0.15, 0.2) is 53.6 Å². The van der Waals surface area contributed by atoms with E-state index < -0.39 is 0 Å². The highest BCUT2D eigenvalue weighted by Gasteiger charge is 2.31. The number of amides is 1. The quantitative estimate of drug-likeness (QED) is 0.696. The SMILES string of the molecule is COc1cccc(C2CCN(C(=O)c3cnc4ccccn4c3=O)C2)c1OC. The van der Waals surface area contributed by atoms with E-state index >= 15 is 0 Å². The maximum Gasteiger partial charge on any atom is 0.270 e. The predicted molar refractivity (Wildman–Crippen MR) is 104 cm³/mol. The summed E-state index contributed by atoms with van der Waals surface area (Å²) in [4.78, 5) is 31.6. The van der Waals surface area contributed by atoms with Crippen molar-refractivity contribution in [3.05, 3.63) is 70.3 Å². The first-order valence-electron chi connectivity index (χ1n) is 9.10. The van der Waals surface area contributed by atoms with Gasteiger partial charge in [0.1, 0.15) is 11.2 Å². The fourth-order valence-electron chi connectivity index (χ4n) is 3.78. The first kappa shape index (κ1) is 18.0. The van der Waals surface area contributed by atoms with Gasteiger partial charge in [0.15, 0.2) is 11.5 Å². The van der Waals surface area contributed by atoms with Crippen molar-refractivity contribution in [2.24, 2.45) is 0 Å². The molecular formula is C21H21N3O4. The molecule has 7 heteroatoms. The van der Waals surface area contributed by atoms with Crippen LogP contribution in [-0.2, 0) is 0 Å². The maximum absolute atomic E-state index is 13.0. The lowest BCUT2D eigenvalue weighted by Gasteiger charge is -2.19. The molecule has 0 spiro atoms. The first-order valence-corrected chi connectivity index (χ1v) is 9.10. The molecule has 1 saturated heterocycles. The molecule has 3 heterocycles. The van der Waals surface area contributed by atoms with Crippen LogP contribution in [0, 0.1) is 0 Å². The summed E-state index contributed by atoms with van der Waals surface area (Å²) < 4.78 is 12.3. The van der Waals surface area contributed by atoms with Crippen LogP contribution >= 0.6 is 0 Å². The summed E-state index contributed by atoms with van der Waals surface area (Å²) >= 11 is 0. The summed E-state index contributed by atoms with van der Waals surface area (Å²) in [7, 11) is 3.22. The van der Waals surface area contributed by atoms with Crippen molar-refractivity contribution in [2.75, 3.05) is 27.3 Å². The van der Waals surface area contributed by atoms with Crippen LogP contribution in [0.3, 0.4) is 0 Å². The minimum Gasteiger partial charge on any atom is -0.493 e. The largest absolute Gasteiger partial charge is 0.493 e. The Kier molecular flexibility index (Phi) is 4.73. The molecule has 1 amide bonds. The molecule has 1 fully saturated rings. The van der Waals surface area contributed by atoms with Crippen LogP contribution in [0.2, 0.25) is 0 Å². The van der Waals surface area contributed by atoms with Crippen LogP contribution in [0.4, 0.5) is 0 Å². The number of likely N-dealkylation sites (tertiary alicyclic amines) is 1. The van der Waals surface area contributed by atoms with Gasteiger partial charge in [0.05, 0.1) is 14.2 Å². The van der Waals surface area contributed by atoms with Gasteiger partial charge in [-0.3, -0.25) is 14.0 Å². The molecule has 28 heavy (non-hydrogen) atoms. The fraction of sp³-hybridized carbons (Fsp3) is 0.286. The smallest absolute Gasteiger partial charge is 0.270 e. The van der Waals surface area contributed by atoms with Gasteiger partial charge in [0, 0.05) is 37.0 Å². The van der Waals surface area contributed by atoms with E-state index in [9.17, 15) is 9.59 Å². The summed E-state index contributed by atoms with van der Waals surface area (Å²) in [6.07, 6.45) is 3.78. The van der Waals surface area contributed by atoms with Gasteiger partial charge in [-0.15, -0.1) is 0 Å². The molecule has 0 bridgehead atoms. The van der Waals surface area contributed by atoms with Gasteiger partial charge < -0.3 is 14.4 Å². The van der Waals surface area contributed by atoms with E-state index in [4.69, 9.17) is 9.47 Å². The number of rotatable bonds is 4. The van der Waals surface area contributed by atoms with Crippen molar-refractivity contribution in [2.45, 2.75) is 12.3 Å². The topological polar surface area (TPSA) is 73.1 Å². The Balaban J connectivity index is 1.61. The van der Waals surface area contributed by atoms with Gasteiger partial charge in [-0.25, -0.2) is 4.98 Å². The van der Waals surface area contributed by atoms with Crippen LogP contribution in [0.1, 0.15) is 28.3 Å². The van der Waals surface area contributed by atoms with E-state index in [1.54, 1.807) is 43.5 Å². The van der Waals surface area contributed by atoms with Crippen molar-refractivity contribution in [1.29, 1.82) is 0 Å². The number of fused-ring (bicyclic) bond motifs is 1. The molecule has 0 N–H and O–H groups in total. The average molecular weight is 379 g/mol. The Morgan fingerprint density at radius 2 is 2.00 bits per heavy atom. The molecule has 1 aliphatic rings. The minimum atomic E-state index is -0.349. The van der Waals surface area contributed by atoms with Gasteiger partial charge in [0.2, 0.25) is 0 Å². The molecule has 1 aromatic carbocycles. The summed E-state index contributed by atoms with van der Waals surface area (Å²) in [6, 6.07) is 11.0. The number of hydrogen-bond donors (Lipinski definition) is 0. The second-order valence-electron chi connectivity index (χ2n) is 6.73. The molecular weight excluding hydrogens is 358 g/mol. The number of methoxy groups -OCH3 is 2. The van der Waals surface area contributed by atoms with Gasteiger partial charge in [-0.1, -0.05) is 18.2 Å². The number of aromatic nitrogens is 2. The molecule has 1 aliphatic heterocycles. The number of pyridine rings is 1. The highest BCUT2D eigenvalue weighted by atomic mass is 16.5. The fourth-order valence-corrected chi connectivity index (χ4v) is 3.78. The number of carbonyl (C=O) groups is 1. The van der Waals surface area contributed by atoms with E-state index in [1.165, 1.54) is 10.6 Å². The lowest BCUT2D eigenvalue weighted by Crippen LogP contribution is -2.34. The van der Waals surface area contributed by atoms with Crippen molar-refractivity contribution in [3.8, 4) is 11.5 Å². The normalized spacial score (nSPS) is 16.4. The average Bonchev–Trinajstić information content (AvgIpc) is 3.23. The van der Waals surface area contributed by atoms with Crippen LogP contribution in [-0.4, -0.2) is 47.5 Å². The molecule has 7 nitrogen and oxygen atoms in total. The van der Waals surface area contributed by atoms with Crippen LogP contribution in [0.25, 0.3) is 5.65 Å². The molecule has 4 rings (SSSR count). The Bertz CT molecular complexity index is 1090. The van der Waals surface area contributed by atoms with Gasteiger partial charge in [0.25, 0.3) is 11.5 Å². The zero-order chi connectivity index (χ0) is 19.7. The number of ether oxygens (including phenoxy) is 2. The summed E-state index contributed by atoms with van der Waals surface area (Å²) in [6.45, 7) is 1.08. The molecule has 0 aliphatic carbocycles. The van der Waals surface area contributed by atoms with Crippen LogP contribution < -0.4 is 15.0 Å². The maximum atomic E-state index is 13.0. The van der Waals surface area contributed by atoms with Gasteiger partial charge >= 0.3 is 0 Å². The van der Waals surface area contributed by atoms with E-state index in [2.05, 4.69) is 4.98 Å². The van der Waals surface area contributed by atoms with E-state index in [-0.39, 0.29) is 22.9 Å². The summed E-state index contributed by atoms with van der Waals surface area (Å²) in [5.41, 5.74) is 1.26. The predicted octanol–water partition coefficient (Wildman–Crippen LogP) is 2.34. The number of hydrogen-bond acceptors (Lipinski definition) is 5. The number of para-hydroxylation sites is 1. The molecule has 2 aromatic heterocycles. The summed E-state index contributed by atoms with van der Waals surface area (Å²) in [5, 5.41) is 0. The summed E-state index contributed by atoms with van der Waals surface area (Å²) in [5.74, 6) is 1.18. The third kappa shape index (κ3) is 2.98. The second-order valence-corrected chi connectivity index (χ2v) is 6.73. The van der Waals surface area contributed by atoms with Crippen molar-refractivity contribution in [1.82, 2.24) is 14.3 Å². The van der Waals surface area contributed by atoms with E-state index in [0.29, 0.717) is 30.2 Å². The Morgan fingerprint density at radius 3 is 2.79 bits per heavy atom.